The molecular formula is C23H12F2N2O2S3. The molecule has 0 atom stereocenters. The normalized spacial score (nSPS) is 11.7. The molecule has 0 N–H and O–H groups in total. The number of para-hydroxylation sites is 1. The zero-order valence-corrected chi connectivity index (χ0v) is 18.6. The van der Waals surface area contributed by atoms with Gasteiger partial charge in [0, 0.05) is 22.6 Å². The third-order valence-corrected chi connectivity index (χ3v) is 8.44. The van der Waals surface area contributed by atoms with E-state index >= 15 is 0 Å². The lowest BCUT2D eigenvalue weighted by molar-refractivity contribution is 0.546. The Labute approximate surface area is 190 Å². The van der Waals surface area contributed by atoms with Gasteiger partial charge < -0.3 is 0 Å². The van der Waals surface area contributed by atoms with Crippen LogP contribution in [0.2, 0.25) is 0 Å². The molecule has 0 saturated heterocycles. The number of benzene rings is 2. The maximum atomic E-state index is 14.6. The number of hydrogen-bond acceptors (Lipinski definition) is 4. The largest absolute Gasteiger partial charge is 0.271 e. The molecule has 0 bridgehead atoms. The number of hydrogen-bond donors (Lipinski definition) is 0. The molecule has 5 aromatic rings. The highest BCUT2D eigenvalue weighted by atomic mass is 32.2. The van der Waals surface area contributed by atoms with Crippen molar-refractivity contribution in [2.45, 2.75) is 4.90 Å². The summed E-state index contributed by atoms with van der Waals surface area (Å²) in [5, 5.41) is 4.64. The SMILES string of the molecule is [C-]#[N+]c1sccc1-c1c(-c2cccs2)n(S(=O)(=O)c2ccc(F)cc2F)c2ccccc12. The topological polar surface area (TPSA) is 43.4 Å². The third kappa shape index (κ3) is 3.07. The second kappa shape index (κ2) is 7.67. The molecule has 158 valence electrons. The number of rotatable bonds is 4. The van der Waals surface area contributed by atoms with Crippen LogP contribution < -0.4 is 0 Å². The van der Waals surface area contributed by atoms with Crippen LogP contribution in [0.25, 0.3) is 37.4 Å². The van der Waals surface area contributed by atoms with Crippen LogP contribution in [0.15, 0.2) is 76.3 Å². The molecular weight excluding hydrogens is 470 g/mol. The van der Waals surface area contributed by atoms with Crippen molar-refractivity contribution < 1.29 is 17.2 Å². The Hall–Kier alpha value is -3.32. The molecule has 0 aliphatic carbocycles. The van der Waals surface area contributed by atoms with Crippen molar-refractivity contribution in [2.75, 3.05) is 0 Å². The fourth-order valence-electron chi connectivity index (χ4n) is 3.73. The van der Waals surface area contributed by atoms with Gasteiger partial charge in [-0.2, -0.15) is 11.3 Å². The van der Waals surface area contributed by atoms with Crippen LogP contribution in [0.1, 0.15) is 0 Å². The summed E-state index contributed by atoms with van der Waals surface area (Å²) in [4.78, 5) is 3.62. The van der Waals surface area contributed by atoms with Gasteiger partial charge in [-0.05, 0) is 35.0 Å². The van der Waals surface area contributed by atoms with E-state index in [1.807, 2.05) is 5.38 Å². The molecule has 0 fully saturated rings. The van der Waals surface area contributed by atoms with E-state index in [2.05, 4.69) is 4.85 Å². The van der Waals surface area contributed by atoms with E-state index in [0.29, 0.717) is 43.7 Å². The molecule has 0 spiro atoms. The quantitative estimate of drug-likeness (QED) is 0.255. The van der Waals surface area contributed by atoms with Gasteiger partial charge >= 0.3 is 0 Å². The fourth-order valence-corrected chi connectivity index (χ4v) is 6.83. The first-order valence-corrected chi connectivity index (χ1v) is 12.5. The van der Waals surface area contributed by atoms with Gasteiger partial charge in [0.25, 0.3) is 10.0 Å². The monoisotopic (exact) mass is 482 g/mol. The highest BCUT2D eigenvalue weighted by Gasteiger charge is 2.31. The first kappa shape index (κ1) is 20.6. The standard InChI is InChI=1S/C23H12F2N2O2S3/c1-26-23-16(10-12-31-23)21-15-5-2-3-6-18(15)27(22(21)19-7-4-11-30-19)32(28,29)20-9-8-14(24)13-17(20)25/h2-13H. The summed E-state index contributed by atoms with van der Waals surface area (Å²) in [6.07, 6.45) is 0. The van der Waals surface area contributed by atoms with E-state index in [1.165, 1.54) is 22.7 Å². The van der Waals surface area contributed by atoms with Crippen LogP contribution in [0.4, 0.5) is 13.8 Å². The Balaban J connectivity index is 1.97. The summed E-state index contributed by atoms with van der Waals surface area (Å²) in [5.41, 5.74) is 1.88. The average Bonchev–Trinajstić information content (AvgIpc) is 3.50. The molecule has 2 aromatic carbocycles. The molecule has 3 heterocycles. The predicted octanol–water partition coefficient (Wildman–Crippen LogP) is 7.16. The molecule has 0 aliphatic rings. The van der Waals surface area contributed by atoms with E-state index < -0.39 is 26.6 Å². The van der Waals surface area contributed by atoms with Crippen LogP contribution in [0.3, 0.4) is 0 Å². The van der Waals surface area contributed by atoms with Gasteiger partial charge in [-0.1, -0.05) is 30.3 Å². The molecule has 0 radical (unpaired) electrons. The van der Waals surface area contributed by atoms with Crippen molar-refractivity contribution >= 4 is 48.6 Å². The van der Waals surface area contributed by atoms with Gasteiger partial charge in [0.1, 0.15) is 16.5 Å². The summed E-state index contributed by atoms with van der Waals surface area (Å²) in [5.74, 6) is -2.03. The lowest BCUT2D eigenvalue weighted by atomic mass is 10.0. The minimum atomic E-state index is -4.45. The second-order valence-corrected chi connectivity index (χ2v) is 10.4. The smallest absolute Gasteiger partial charge is 0.232 e. The summed E-state index contributed by atoms with van der Waals surface area (Å²) in [7, 11) is -4.45. The maximum absolute atomic E-state index is 14.6. The lowest BCUT2D eigenvalue weighted by Crippen LogP contribution is -2.15. The van der Waals surface area contributed by atoms with Gasteiger partial charge in [-0.15, -0.1) is 11.3 Å². The fraction of sp³-hybridized carbons (Fsp3) is 0. The molecule has 9 heteroatoms. The molecule has 0 saturated carbocycles. The van der Waals surface area contributed by atoms with Gasteiger partial charge in [-0.3, -0.25) is 0 Å². The first-order chi connectivity index (χ1) is 15.4. The van der Waals surface area contributed by atoms with E-state index in [0.717, 1.165) is 16.1 Å². The molecule has 0 unspecified atom stereocenters. The molecule has 0 aliphatic heterocycles. The Morgan fingerprint density at radius 2 is 1.75 bits per heavy atom. The number of aromatic nitrogens is 1. The van der Waals surface area contributed by atoms with Gasteiger partial charge in [0.15, 0.2) is 0 Å². The van der Waals surface area contributed by atoms with Crippen LogP contribution in [-0.4, -0.2) is 12.4 Å². The van der Waals surface area contributed by atoms with Gasteiger partial charge in [0.2, 0.25) is 5.00 Å². The molecule has 32 heavy (non-hydrogen) atoms. The van der Waals surface area contributed by atoms with E-state index in [1.54, 1.807) is 47.8 Å². The molecule has 0 amide bonds. The minimum Gasteiger partial charge on any atom is -0.232 e. The first-order valence-electron chi connectivity index (χ1n) is 9.26. The van der Waals surface area contributed by atoms with Crippen LogP contribution in [0, 0.1) is 18.2 Å². The highest BCUT2D eigenvalue weighted by molar-refractivity contribution is 7.90. The van der Waals surface area contributed by atoms with Crippen LogP contribution >= 0.6 is 22.7 Å². The zero-order valence-electron chi connectivity index (χ0n) is 16.1. The maximum Gasteiger partial charge on any atom is 0.271 e. The third-order valence-electron chi connectivity index (χ3n) is 5.01. The molecule has 4 nitrogen and oxygen atoms in total. The van der Waals surface area contributed by atoms with Crippen molar-refractivity contribution in [1.82, 2.24) is 3.97 Å². The number of nitrogens with zero attached hydrogens (tertiary/aromatic N) is 2. The minimum absolute atomic E-state index is 0.341. The Kier molecular flexibility index (Phi) is 4.93. The Bertz CT molecular complexity index is 1630. The predicted molar refractivity (Wildman–Crippen MR) is 124 cm³/mol. The number of thiophene rings is 2. The highest BCUT2D eigenvalue weighted by Crippen LogP contribution is 2.48. The molecule has 3 aromatic heterocycles. The second-order valence-electron chi connectivity index (χ2n) is 6.81. The van der Waals surface area contributed by atoms with E-state index in [-0.39, 0.29) is 0 Å². The van der Waals surface area contributed by atoms with Crippen molar-refractivity contribution in [3.05, 3.63) is 94.5 Å². The van der Waals surface area contributed by atoms with Gasteiger partial charge in [-0.25, -0.2) is 26.0 Å². The average molecular weight is 483 g/mol. The Morgan fingerprint density at radius 3 is 2.47 bits per heavy atom. The van der Waals surface area contributed by atoms with Crippen molar-refractivity contribution in [1.29, 1.82) is 0 Å². The lowest BCUT2D eigenvalue weighted by Gasteiger charge is -2.13. The Morgan fingerprint density at radius 1 is 0.938 bits per heavy atom. The number of fused-ring (bicyclic) bond motifs is 1. The molecule has 5 rings (SSSR count). The van der Waals surface area contributed by atoms with Crippen LogP contribution in [-0.2, 0) is 10.0 Å². The summed E-state index contributed by atoms with van der Waals surface area (Å²) in [6, 6.07) is 14.7. The summed E-state index contributed by atoms with van der Waals surface area (Å²) >= 11 is 2.60. The zero-order chi connectivity index (χ0) is 22.5. The van der Waals surface area contributed by atoms with E-state index in [9.17, 15) is 17.2 Å². The van der Waals surface area contributed by atoms with E-state index in [4.69, 9.17) is 6.57 Å². The summed E-state index contributed by atoms with van der Waals surface area (Å²) < 4.78 is 56.8. The number of halogens is 2. The van der Waals surface area contributed by atoms with Crippen molar-refractivity contribution in [2.24, 2.45) is 0 Å². The van der Waals surface area contributed by atoms with Crippen LogP contribution in [0.5, 0.6) is 0 Å². The summed E-state index contributed by atoms with van der Waals surface area (Å²) in [6.45, 7) is 7.54. The van der Waals surface area contributed by atoms with Crippen molar-refractivity contribution in [3.63, 3.8) is 0 Å². The van der Waals surface area contributed by atoms with Crippen molar-refractivity contribution in [3.8, 4) is 21.7 Å². The van der Waals surface area contributed by atoms with Gasteiger partial charge in [0.05, 0.1) is 22.7 Å².